The van der Waals surface area contributed by atoms with Gasteiger partial charge in [0.2, 0.25) is 0 Å². The summed E-state index contributed by atoms with van der Waals surface area (Å²) in [7, 11) is 0. The Morgan fingerprint density at radius 2 is 1.90 bits per heavy atom. The molecule has 1 aromatic heterocycles. The third-order valence-corrected chi connectivity index (χ3v) is 5.73. The van der Waals surface area contributed by atoms with Crippen LogP contribution in [0.25, 0.3) is 10.9 Å². The maximum atomic E-state index is 13.3. The molecule has 1 spiro atoms. The number of urea groups is 1. The van der Waals surface area contributed by atoms with Crippen LogP contribution < -0.4 is 10.1 Å². The molecule has 3 aromatic rings. The van der Waals surface area contributed by atoms with Gasteiger partial charge in [-0.1, -0.05) is 36.4 Å². The van der Waals surface area contributed by atoms with Gasteiger partial charge < -0.3 is 15.0 Å². The number of aryl methyl sites for hydroxylation is 1. The molecule has 3 heterocycles. The van der Waals surface area contributed by atoms with Crippen LogP contribution in [0.5, 0.6) is 5.75 Å². The van der Waals surface area contributed by atoms with Gasteiger partial charge in [-0.15, -0.1) is 0 Å². The van der Waals surface area contributed by atoms with E-state index in [0.717, 1.165) is 21.5 Å². The van der Waals surface area contributed by atoms with Crippen molar-refractivity contribution in [3.8, 4) is 5.75 Å². The van der Waals surface area contributed by atoms with E-state index >= 15 is 0 Å². The lowest BCUT2D eigenvalue weighted by atomic mass is 9.84. The third-order valence-electron chi connectivity index (χ3n) is 5.73. The highest BCUT2D eigenvalue weighted by Crippen LogP contribution is 2.41. The maximum Gasteiger partial charge on any atom is 0.325 e. The Labute approximate surface area is 166 Å². The molecule has 2 aliphatic rings. The fraction of sp³-hybridized carbons (Fsp3) is 0.227. The zero-order valence-electron chi connectivity index (χ0n) is 15.8. The van der Waals surface area contributed by atoms with Crippen LogP contribution in [0, 0.1) is 6.92 Å². The number of carbonyl (C=O) groups is 3. The molecule has 7 nitrogen and oxygen atoms in total. The van der Waals surface area contributed by atoms with Crippen molar-refractivity contribution in [3.05, 3.63) is 65.4 Å². The number of nitrogens with zero attached hydrogens (tertiary/aromatic N) is 1. The molecule has 2 aliphatic heterocycles. The van der Waals surface area contributed by atoms with Gasteiger partial charge >= 0.3 is 6.03 Å². The van der Waals surface area contributed by atoms with Crippen molar-refractivity contribution >= 4 is 28.6 Å². The predicted octanol–water partition coefficient (Wildman–Crippen LogP) is 2.89. The highest BCUT2D eigenvalue weighted by atomic mass is 16.5. The summed E-state index contributed by atoms with van der Waals surface area (Å²) in [5.74, 6) is -0.113. The zero-order valence-corrected chi connectivity index (χ0v) is 15.8. The first-order valence-electron chi connectivity index (χ1n) is 9.48. The van der Waals surface area contributed by atoms with Crippen LogP contribution >= 0.6 is 0 Å². The summed E-state index contributed by atoms with van der Waals surface area (Å²) in [6, 6.07) is 14.1. The molecule has 1 saturated heterocycles. The van der Waals surface area contributed by atoms with Gasteiger partial charge in [0.25, 0.3) is 5.91 Å². The van der Waals surface area contributed by atoms with Crippen LogP contribution in [-0.4, -0.2) is 40.8 Å². The molecular weight excluding hydrogens is 370 g/mol. The number of nitrogens with one attached hydrogen (secondary N) is 2. The number of imide groups is 1. The van der Waals surface area contributed by atoms with E-state index < -0.39 is 17.5 Å². The predicted molar refractivity (Wildman–Crippen MR) is 106 cm³/mol. The summed E-state index contributed by atoms with van der Waals surface area (Å²) in [6.07, 6.45) is 0.325. The van der Waals surface area contributed by atoms with Crippen molar-refractivity contribution in [2.45, 2.75) is 18.9 Å². The standard InChI is InChI=1S/C22H19N3O4/c1-13-19(14-6-2-4-8-16(14)23-13)17(26)12-25-20(27)22(24-21(25)28)10-11-29-18-9-5-3-7-15(18)22/h2-9,23H,10-12H2,1H3,(H,24,28). The Morgan fingerprint density at radius 3 is 2.76 bits per heavy atom. The Bertz CT molecular complexity index is 1180. The van der Waals surface area contributed by atoms with Crippen molar-refractivity contribution in [1.82, 2.24) is 15.2 Å². The number of ether oxygens (including phenoxy) is 1. The fourth-order valence-electron chi connectivity index (χ4n) is 4.37. The van der Waals surface area contributed by atoms with Crippen molar-refractivity contribution < 1.29 is 19.1 Å². The number of Topliss-reactive ketones (excluding diaryl/α,β-unsaturated/α-hetero) is 1. The number of fused-ring (bicyclic) bond motifs is 3. The first kappa shape index (κ1) is 17.5. The number of benzene rings is 2. The largest absolute Gasteiger partial charge is 0.493 e. The monoisotopic (exact) mass is 389 g/mol. The number of hydrogen-bond acceptors (Lipinski definition) is 4. The first-order valence-corrected chi connectivity index (χ1v) is 9.48. The van der Waals surface area contributed by atoms with Crippen LogP contribution in [0.1, 0.15) is 28.0 Å². The smallest absolute Gasteiger partial charge is 0.325 e. The van der Waals surface area contributed by atoms with Crippen LogP contribution in [0.3, 0.4) is 0 Å². The number of para-hydroxylation sites is 2. The molecular formula is C22H19N3O4. The van der Waals surface area contributed by atoms with E-state index in [0.29, 0.717) is 29.9 Å². The lowest BCUT2D eigenvalue weighted by Gasteiger charge is -2.33. The fourth-order valence-corrected chi connectivity index (χ4v) is 4.37. The minimum atomic E-state index is -1.18. The lowest BCUT2D eigenvalue weighted by molar-refractivity contribution is -0.132. The second kappa shape index (κ2) is 6.20. The molecule has 7 heteroatoms. The summed E-state index contributed by atoms with van der Waals surface area (Å²) in [5.41, 5.74) is 1.52. The minimum absolute atomic E-state index is 0.277. The molecule has 2 N–H and O–H groups in total. The molecule has 3 amide bonds. The number of aromatic amines is 1. The zero-order chi connectivity index (χ0) is 20.2. The third kappa shape index (κ3) is 2.47. The Morgan fingerprint density at radius 1 is 1.14 bits per heavy atom. The molecule has 0 radical (unpaired) electrons. The number of aromatic nitrogens is 1. The van der Waals surface area contributed by atoms with Gasteiger partial charge in [0.15, 0.2) is 11.3 Å². The van der Waals surface area contributed by atoms with E-state index in [1.807, 2.05) is 37.3 Å². The molecule has 1 unspecified atom stereocenters. The molecule has 146 valence electrons. The van der Waals surface area contributed by atoms with Gasteiger partial charge in [0.05, 0.1) is 13.2 Å². The summed E-state index contributed by atoms with van der Waals surface area (Å²) in [4.78, 5) is 43.3. The van der Waals surface area contributed by atoms with E-state index in [1.54, 1.807) is 18.2 Å². The summed E-state index contributed by atoms with van der Waals surface area (Å²) in [5, 5.41) is 3.61. The molecule has 5 rings (SSSR count). The van der Waals surface area contributed by atoms with E-state index in [2.05, 4.69) is 10.3 Å². The summed E-state index contributed by atoms with van der Waals surface area (Å²) in [6.45, 7) is 1.82. The molecule has 0 bridgehead atoms. The second-order valence-corrected chi connectivity index (χ2v) is 7.42. The van der Waals surface area contributed by atoms with Gasteiger partial charge in [0.1, 0.15) is 5.75 Å². The highest BCUT2D eigenvalue weighted by molar-refractivity contribution is 6.15. The van der Waals surface area contributed by atoms with Gasteiger partial charge in [-0.25, -0.2) is 4.79 Å². The van der Waals surface area contributed by atoms with Crippen molar-refractivity contribution in [2.24, 2.45) is 0 Å². The van der Waals surface area contributed by atoms with Crippen LogP contribution in [0.4, 0.5) is 4.79 Å². The number of rotatable bonds is 3. The SMILES string of the molecule is Cc1[nH]c2ccccc2c1C(=O)CN1C(=O)NC2(CCOc3ccccc32)C1=O. The van der Waals surface area contributed by atoms with Gasteiger partial charge in [-0.2, -0.15) is 0 Å². The Kier molecular flexibility index (Phi) is 3.74. The van der Waals surface area contributed by atoms with E-state index in [1.165, 1.54) is 0 Å². The van der Waals surface area contributed by atoms with E-state index in [4.69, 9.17) is 4.74 Å². The average Bonchev–Trinajstić information content (AvgIpc) is 3.17. The molecule has 0 aliphatic carbocycles. The van der Waals surface area contributed by atoms with Crippen molar-refractivity contribution in [2.75, 3.05) is 13.2 Å². The number of hydrogen-bond donors (Lipinski definition) is 2. The Hall–Kier alpha value is -3.61. The molecule has 2 aromatic carbocycles. The van der Waals surface area contributed by atoms with E-state index in [-0.39, 0.29) is 12.3 Å². The lowest BCUT2D eigenvalue weighted by Crippen LogP contribution is -2.47. The van der Waals surface area contributed by atoms with Crippen LogP contribution in [0.15, 0.2) is 48.5 Å². The number of H-pyrrole nitrogens is 1. The maximum absolute atomic E-state index is 13.3. The van der Waals surface area contributed by atoms with Gasteiger partial charge in [-0.3, -0.25) is 14.5 Å². The Balaban J connectivity index is 1.49. The van der Waals surface area contributed by atoms with Gasteiger partial charge in [0, 0.05) is 34.1 Å². The molecule has 0 saturated carbocycles. The average molecular weight is 389 g/mol. The molecule has 29 heavy (non-hydrogen) atoms. The van der Waals surface area contributed by atoms with Crippen LogP contribution in [-0.2, 0) is 10.3 Å². The number of ketones is 1. The van der Waals surface area contributed by atoms with Crippen molar-refractivity contribution in [1.29, 1.82) is 0 Å². The first-order chi connectivity index (χ1) is 14.0. The minimum Gasteiger partial charge on any atom is -0.493 e. The molecule has 1 fully saturated rings. The topological polar surface area (TPSA) is 91.5 Å². The van der Waals surface area contributed by atoms with Gasteiger partial charge in [-0.05, 0) is 19.1 Å². The quantitative estimate of drug-likeness (QED) is 0.532. The highest BCUT2D eigenvalue weighted by Gasteiger charge is 2.55. The number of carbonyl (C=O) groups excluding carboxylic acids is 3. The van der Waals surface area contributed by atoms with Crippen LogP contribution in [0.2, 0.25) is 0 Å². The number of amides is 3. The second-order valence-electron chi connectivity index (χ2n) is 7.42. The molecule has 1 atom stereocenters. The van der Waals surface area contributed by atoms with Crippen molar-refractivity contribution in [3.63, 3.8) is 0 Å². The van der Waals surface area contributed by atoms with E-state index in [9.17, 15) is 14.4 Å². The summed E-state index contributed by atoms with van der Waals surface area (Å²) >= 11 is 0. The summed E-state index contributed by atoms with van der Waals surface area (Å²) < 4.78 is 5.64. The normalized spacial score (nSPS) is 20.7.